The number of carbonyl (C=O) groups excluding carboxylic acids is 2. The van der Waals surface area contributed by atoms with E-state index in [-0.39, 0.29) is 18.2 Å². The highest BCUT2D eigenvalue weighted by molar-refractivity contribution is 6.00. The third-order valence-corrected chi connectivity index (χ3v) is 3.33. The highest BCUT2D eigenvalue weighted by atomic mass is 16.7. The number of amides is 2. The Bertz CT molecular complexity index is 622. The number of hydrogen-bond acceptors (Lipinski definition) is 5. The molecule has 1 aromatic carbocycles. The van der Waals surface area contributed by atoms with Crippen LogP contribution < -0.4 is 10.7 Å². The van der Waals surface area contributed by atoms with Crippen molar-refractivity contribution >= 4 is 23.2 Å². The Labute approximate surface area is 135 Å². The molecule has 1 saturated heterocycles. The Balaban J connectivity index is 1.96. The quantitative estimate of drug-likeness (QED) is 0.638. The average molecular weight is 319 g/mol. The van der Waals surface area contributed by atoms with Crippen molar-refractivity contribution in [1.29, 1.82) is 0 Å². The van der Waals surface area contributed by atoms with Crippen LogP contribution in [0.2, 0.25) is 0 Å². The summed E-state index contributed by atoms with van der Waals surface area (Å²) in [6.07, 6.45) is 0.0791. The minimum Gasteiger partial charge on any atom is -0.347 e. The van der Waals surface area contributed by atoms with Crippen molar-refractivity contribution < 1.29 is 19.1 Å². The predicted octanol–water partition coefficient (Wildman–Crippen LogP) is 1.64. The number of hydrazone groups is 1. The van der Waals surface area contributed by atoms with Gasteiger partial charge in [0.25, 0.3) is 0 Å². The fourth-order valence-electron chi connectivity index (χ4n) is 2.23. The number of anilines is 1. The summed E-state index contributed by atoms with van der Waals surface area (Å²) in [5, 5.41) is 6.78. The first-order valence-corrected chi connectivity index (χ1v) is 7.37. The predicted molar refractivity (Wildman–Crippen MR) is 86.0 cm³/mol. The smallest absolute Gasteiger partial charge is 0.245 e. The van der Waals surface area contributed by atoms with Crippen LogP contribution in [0.1, 0.15) is 32.8 Å². The molecule has 1 aliphatic heterocycles. The molecule has 124 valence electrons. The van der Waals surface area contributed by atoms with Gasteiger partial charge in [-0.1, -0.05) is 12.1 Å². The maximum Gasteiger partial charge on any atom is 0.245 e. The topological polar surface area (TPSA) is 89.0 Å². The first-order chi connectivity index (χ1) is 10.9. The van der Waals surface area contributed by atoms with Crippen molar-refractivity contribution in [1.82, 2.24) is 5.43 Å². The van der Waals surface area contributed by atoms with Gasteiger partial charge in [0.05, 0.1) is 25.3 Å². The van der Waals surface area contributed by atoms with Crippen LogP contribution in [0.5, 0.6) is 0 Å². The van der Waals surface area contributed by atoms with Gasteiger partial charge in [0.15, 0.2) is 5.79 Å². The van der Waals surface area contributed by atoms with Gasteiger partial charge < -0.3 is 14.8 Å². The average Bonchev–Trinajstić information content (AvgIpc) is 2.90. The minimum atomic E-state index is -0.876. The van der Waals surface area contributed by atoms with Gasteiger partial charge in [-0.3, -0.25) is 9.59 Å². The summed E-state index contributed by atoms with van der Waals surface area (Å²) >= 11 is 0. The molecule has 2 rings (SSSR count). The van der Waals surface area contributed by atoms with Gasteiger partial charge in [0.2, 0.25) is 11.8 Å². The normalized spacial score (nSPS) is 16.9. The van der Waals surface area contributed by atoms with Crippen molar-refractivity contribution in [3.05, 3.63) is 29.8 Å². The van der Waals surface area contributed by atoms with E-state index in [1.807, 2.05) is 12.1 Å². The molecule has 2 N–H and O–H groups in total. The second kappa shape index (κ2) is 7.34. The van der Waals surface area contributed by atoms with E-state index in [2.05, 4.69) is 15.8 Å². The highest BCUT2D eigenvalue weighted by Gasteiger charge is 2.33. The zero-order chi connectivity index (χ0) is 16.9. The molecule has 23 heavy (non-hydrogen) atoms. The molecule has 1 aromatic rings. The Morgan fingerprint density at radius 1 is 1.26 bits per heavy atom. The van der Waals surface area contributed by atoms with Crippen LogP contribution in [-0.2, 0) is 19.1 Å². The standard InChI is InChI=1S/C16H21N3O4/c1-11(13-5-4-6-14(9-13)17-12(2)20)18-19-15(21)10-16(3)22-7-8-23-16/h4-6,9H,7-8,10H2,1-3H3,(H,17,20)(H,19,21). The van der Waals surface area contributed by atoms with Gasteiger partial charge in [-0.25, -0.2) is 5.43 Å². The van der Waals surface area contributed by atoms with Gasteiger partial charge in [-0.15, -0.1) is 0 Å². The summed E-state index contributed by atoms with van der Waals surface area (Å²) in [6.45, 7) is 5.93. The molecule has 0 spiro atoms. The van der Waals surface area contributed by atoms with E-state index in [0.717, 1.165) is 5.56 Å². The zero-order valence-electron chi connectivity index (χ0n) is 13.5. The molecule has 1 fully saturated rings. The van der Waals surface area contributed by atoms with Crippen molar-refractivity contribution in [2.45, 2.75) is 33.0 Å². The molecule has 0 aliphatic carbocycles. The van der Waals surface area contributed by atoms with Gasteiger partial charge >= 0.3 is 0 Å². The van der Waals surface area contributed by atoms with E-state index in [1.165, 1.54) is 6.92 Å². The molecular formula is C16H21N3O4. The van der Waals surface area contributed by atoms with Crippen LogP contribution in [0, 0.1) is 0 Å². The third kappa shape index (κ3) is 5.15. The third-order valence-electron chi connectivity index (χ3n) is 3.33. The first-order valence-electron chi connectivity index (χ1n) is 7.37. The Kier molecular flexibility index (Phi) is 5.46. The molecule has 1 heterocycles. The SMILES string of the molecule is CC(=O)Nc1cccc(C(C)=NNC(=O)CC2(C)OCCO2)c1. The van der Waals surface area contributed by atoms with Crippen LogP contribution >= 0.6 is 0 Å². The number of ether oxygens (including phenoxy) is 2. The van der Waals surface area contributed by atoms with Gasteiger partial charge in [0.1, 0.15) is 0 Å². The van der Waals surface area contributed by atoms with Crippen LogP contribution in [-0.4, -0.2) is 36.5 Å². The summed E-state index contributed by atoms with van der Waals surface area (Å²) < 4.78 is 10.8. The number of carbonyl (C=O) groups is 2. The number of hydrogen-bond donors (Lipinski definition) is 2. The summed E-state index contributed by atoms with van der Waals surface area (Å²) in [5.41, 5.74) is 4.60. The van der Waals surface area contributed by atoms with Gasteiger partial charge in [0, 0.05) is 12.6 Å². The maximum absolute atomic E-state index is 11.9. The monoisotopic (exact) mass is 319 g/mol. The second-order valence-electron chi connectivity index (χ2n) is 5.50. The Hall–Kier alpha value is -2.25. The molecule has 1 aliphatic rings. The Morgan fingerprint density at radius 3 is 2.61 bits per heavy atom. The maximum atomic E-state index is 11.9. The van der Waals surface area contributed by atoms with Crippen molar-refractivity contribution in [3.8, 4) is 0 Å². The van der Waals surface area contributed by atoms with Crippen molar-refractivity contribution in [2.24, 2.45) is 5.10 Å². The van der Waals surface area contributed by atoms with E-state index in [1.54, 1.807) is 26.0 Å². The van der Waals surface area contributed by atoms with E-state index in [0.29, 0.717) is 24.6 Å². The highest BCUT2D eigenvalue weighted by Crippen LogP contribution is 2.22. The molecule has 0 bridgehead atoms. The van der Waals surface area contributed by atoms with Gasteiger partial charge in [-0.2, -0.15) is 5.10 Å². The lowest BCUT2D eigenvalue weighted by Gasteiger charge is -2.20. The van der Waals surface area contributed by atoms with E-state index in [9.17, 15) is 9.59 Å². The van der Waals surface area contributed by atoms with Gasteiger partial charge in [-0.05, 0) is 31.5 Å². The lowest BCUT2D eigenvalue weighted by atomic mass is 10.1. The molecule has 0 radical (unpaired) electrons. The summed E-state index contributed by atoms with van der Waals surface area (Å²) in [4.78, 5) is 23.0. The number of nitrogens with zero attached hydrogens (tertiary/aromatic N) is 1. The molecule has 2 amide bonds. The van der Waals surface area contributed by atoms with Crippen LogP contribution in [0.4, 0.5) is 5.69 Å². The van der Waals surface area contributed by atoms with E-state index < -0.39 is 5.79 Å². The molecule has 7 nitrogen and oxygen atoms in total. The molecule has 0 aromatic heterocycles. The molecule has 0 unspecified atom stereocenters. The fraction of sp³-hybridized carbons (Fsp3) is 0.438. The minimum absolute atomic E-state index is 0.0791. The number of nitrogens with one attached hydrogen (secondary N) is 2. The fourth-order valence-corrected chi connectivity index (χ4v) is 2.23. The summed E-state index contributed by atoms with van der Waals surface area (Å²) in [7, 11) is 0. The summed E-state index contributed by atoms with van der Waals surface area (Å²) in [5.74, 6) is -1.31. The van der Waals surface area contributed by atoms with Crippen LogP contribution in [0.25, 0.3) is 0 Å². The zero-order valence-corrected chi connectivity index (χ0v) is 13.5. The number of rotatable bonds is 5. The molecule has 0 atom stereocenters. The largest absolute Gasteiger partial charge is 0.347 e. The van der Waals surface area contributed by atoms with Crippen molar-refractivity contribution in [2.75, 3.05) is 18.5 Å². The van der Waals surface area contributed by atoms with E-state index >= 15 is 0 Å². The Morgan fingerprint density at radius 2 is 1.96 bits per heavy atom. The molecular weight excluding hydrogens is 298 g/mol. The van der Waals surface area contributed by atoms with E-state index in [4.69, 9.17) is 9.47 Å². The molecule has 7 heteroatoms. The number of benzene rings is 1. The van der Waals surface area contributed by atoms with Crippen LogP contribution in [0.15, 0.2) is 29.4 Å². The molecule has 0 saturated carbocycles. The van der Waals surface area contributed by atoms with Crippen molar-refractivity contribution in [3.63, 3.8) is 0 Å². The lowest BCUT2D eigenvalue weighted by Crippen LogP contribution is -2.33. The van der Waals surface area contributed by atoms with Crippen LogP contribution in [0.3, 0.4) is 0 Å². The first kappa shape index (κ1) is 17.1. The lowest BCUT2D eigenvalue weighted by molar-refractivity contribution is -0.159. The summed E-state index contributed by atoms with van der Waals surface area (Å²) in [6, 6.07) is 7.23. The second-order valence-corrected chi connectivity index (χ2v) is 5.50.